The second-order valence-corrected chi connectivity index (χ2v) is 4.87. The Morgan fingerprint density at radius 1 is 0.947 bits per heavy atom. The van der Waals surface area contributed by atoms with E-state index in [-0.39, 0.29) is 5.92 Å². The average Bonchev–Trinajstić information content (AvgIpc) is 2.46. The van der Waals surface area contributed by atoms with Gasteiger partial charge in [0.1, 0.15) is 5.60 Å². The summed E-state index contributed by atoms with van der Waals surface area (Å²) >= 11 is 0. The van der Waals surface area contributed by atoms with Crippen molar-refractivity contribution in [2.45, 2.75) is 19.4 Å². The van der Waals surface area contributed by atoms with Gasteiger partial charge >= 0.3 is 0 Å². The molecule has 0 saturated heterocycles. The fourth-order valence-electron chi connectivity index (χ4n) is 1.88. The summed E-state index contributed by atoms with van der Waals surface area (Å²) in [4.78, 5) is 0. The summed E-state index contributed by atoms with van der Waals surface area (Å²) < 4.78 is 0. The Balaban J connectivity index is 2.21. The van der Waals surface area contributed by atoms with Crippen molar-refractivity contribution >= 4 is 0 Å². The van der Waals surface area contributed by atoms with Gasteiger partial charge in [-0.2, -0.15) is 0 Å². The van der Waals surface area contributed by atoms with E-state index in [1.54, 1.807) is 0 Å². The molecule has 0 unspecified atom stereocenters. The number of aliphatic hydroxyl groups is 1. The molecule has 2 atom stereocenters. The Hall–Kier alpha value is -2.04. The molecule has 1 heteroatoms. The first-order chi connectivity index (χ1) is 9.10. The third-order valence-corrected chi connectivity index (χ3v) is 3.41. The second kappa shape index (κ2) is 5.73. The largest absolute Gasteiger partial charge is 0.384 e. The fraction of sp³-hybridized carbons (Fsp3) is 0.222. The van der Waals surface area contributed by atoms with Crippen LogP contribution in [0.25, 0.3) is 0 Å². The van der Waals surface area contributed by atoms with Crippen molar-refractivity contribution in [3.63, 3.8) is 0 Å². The van der Waals surface area contributed by atoms with Crippen LogP contribution in [0, 0.1) is 17.8 Å². The van der Waals surface area contributed by atoms with Gasteiger partial charge in [-0.25, -0.2) is 0 Å². The van der Waals surface area contributed by atoms with Crippen LogP contribution in [0.5, 0.6) is 0 Å². The molecular formula is C18H18O. The Morgan fingerprint density at radius 3 is 2.05 bits per heavy atom. The third-order valence-electron chi connectivity index (χ3n) is 3.41. The molecular weight excluding hydrogens is 232 g/mol. The van der Waals surface area contributed by atoms with Gasteiger partial charge in [0.05, 0.1) is 5.92 Å². The molecule has 19 heavy (non-hydrogen) atoms. The van der Waals surface area contributed by atoms with E-state index in [1.807, 2.05) is 74.5 Å². The predicted octanol–water partition coefficient (Wildman–Crippen LogP) is 3.58. The summed E-state index contributed by atoms with van der Waals surface area (Å²) in [5.74, 6) is 6.10. The first-order valence-corrected chi connectivity index (χ1v) is 6.45. The van der Waals surface area contributed by atoms with E-state index in [9.17, 15) is 5.11 Å². The lowest BCUT2D eigenvalue weighted by Crippen LogP contribution is -2.28. The molecule has 0 spiro atoms. The molecule has 0 fully saturated rings. The standard InChI is InChI=1S/C18H18O/c1-15(13-14-16-9-5-3-6-10-16)18(2,19)17-11-7-4-8-12-17/h3-12,15,19H,1-2H3/t15-,18+/m0/s1. The Kier molecular flexibility index (Phi) is 4.04. The van der Waals surface area contributed by atoms with Gasteiger partial charge in [0, 0.05) is 5.56 Å². The molecule has 0 aliphatic carbocycles. The molecule has 2 aromatic rings. The van der Waals surface area contributed by atoms with Gasteiger partial charge in [0.15, 0.2) is 0 Å². The van der Waals surface area contributed by atoms with Gasteiger partial charge in [-0.1, -0.05) is 60.4 Å². The van der Waals surface area contributed by atoms with Gasteiger partial charge in [0.25, 0.3) is 0 Å². The lowest BCUT2D eigenvalue weighted by Gasteiger charge is -2.27. The van der Waals surface area contributed by atoms with Crippen LogP contribution in [0.4, 0.5) is 0 Å². The minimum atomic E-state index is -0.941. The van der Waals surface area contributed by atoms with Crippen LogP contribution >= 0.6 is 0 Å². The van der Waals surface area contributed by atoms with Crippen molar-refractivity contribution in [1.29, 1.82) is 0 Å². The highest BCUT2D eigenvalue weighted by atomic mass is 16.3. The van der Waals surface area contributed by atoms with Gasteiger partial charge < -0.3 is 5.11 Å². The highest BCUT2D eigenvalue weighted by Gasteiger charge is 2.28. The molecule has 0 bridgehead atoms. The normalized spacial score (nSPS) is 14.9. The van der Waals surface area contributed by atoms with Crippen LogP contribution in [0.1, 0.15) is 25.0 Å². The lowest BCUT2D eigenvalue weighted by molar-refractivity contribution is 0.0240. The predicted molar refractivity (Wildman–Crippen MR) is 78.5 cm³/mol. The van der Waals surface area contributed by atoms with Crippen LogP contribution in [-0.4, -0.2) is 5.11 Å². The van der Waals surface area contributed by atoms with Crippen LogP contribution < -0.4 is 0 Å². The quantitative estimate of drug-likeness (QED) is 0.808. The van der Waals surface area contributed by atoms with E-state index in [2.05, 4.69) is 11.8 Å². The summed E-state index contributed by atoms with van der Waals surface area (Å²) in [6.45, 7) is 3.76. The van der Waals surface area contributed by atoms with Crippen molar-refractivity contribution in [2.75, 3.05) is 0 Å². The number of hydrogen-bond donors (Lipinski definition) is 1. The highest BCUT2D eigenvalue weighted by molar-refractivity contribution is 5.35. The van der Waals surface area contributed by atoms with E-state index in [0.717, 1.165) is 11.1 Å². The van der Waals surface area contributed by atoms with Crippen molar-refractivity contribution in [3.8, 4) is 11.8 Å². The molecule has 0 heterocycles. The van der Waals surface area contributed by atoms with Crippen LogP contribution in [0.3, 0.4) is 0 Å². The molecule has 1 nitrogen and oxygen atoms in total. The fourth-order valence-corrected chi connectivity index (χ4v) is 1.88. The molecule has 96 valence electrons. The van der Waals surface area contributed by atoms with E-state index in [4.69, 9.17) is 0 Å². The average molecular weight is 250 g/mol. The first-order valence-electron chi connectivity index (χ1n) is 6.45. The van der Waals surface area contributed by atoms with Gasteiger partial charge in [-0.3, -0.25) is 0 Å². The maximum absolute atomic E-state index is 10.6. The van der Waals surface area contributed by atoms with Crippen LogP contribution in [0.2, 0.25) is 0 Å². The van der Waals surface area contributed by atoms with Crippen LogP contribution in [-0.2, 0) is 5.60 Å². The van der Waals surface area contributed by atoms with Gasteiger partial charge in [0.2, 0.25) is 0 Å². The minimum Gasteiger partial charge on any atom is -0.384 e. The summed E-state index contributed by atoms with van der Waals surface area (Å²) in [5.41, 5.74) is 0.923. The van der Waals surface area contributed by atoms with E-state index in [1.165, 1.54) is 0 Å². The van der Waals surface area contributed by atoms with E-state index in [0.29, 0.717) is 0 Å². The third kappa shape index (κ3) is 3.24. The zero-order valence-electron chi connectivity index (χ0n) is 11.3. The molecule has 0 amide bonds. The summed E-state index contributed by atoms with van der Waals surface area (Å²) in [5, 5.41) is 10.6. The monoisotopic (exact) mass is 250 g/mol. The Labute approximate surface area is 114 Å². The number of hydrogen-bond acceptors (Lipinski definition) is 1. The smallest absolute Gasteiger partial charge is 0.100 e. The summed E-state index contributed by atoms with van der Waals surface area (Å²) in [6, 6.07) is 19.5. The molecule has 2 rings (SSSR count). The lowest BCUT2D eigenvalue weighted by atomic mass is 9.84. The number of benzene rings is 2. The Bertz CT molecular complexity index is 573. The van der Waals surface area contributed by atoms with Crippen molar-refractivity contribution in [3.05, 3.63) is 71.8 Å². The van der Waals surface area contributed by atoms with Crippen molar-refractivity contribution in [1.82, 2.24) is 0 Å². The van der Waals surface area contributed by atoms with Crippen molar-refractivity contribution in [2.24, 2.45) is 5.92 Å². The highest BCUT2D eigenvalue weighted by Crippen LogP contribution is 2.28. The molecule has 0 aliphatic rings. The molecule has 0 aromatic heterocycles. The molecule has 0 radical (unpaired) electrons. The molecule has 2 aromatic carbocycles. The molecule has 0 saturated carbocycles. The zero-order chi connectivity index (χ0) is 13.7. The maximum atomic E-state index is 10.6. The maximum Gasteiger partial charge on any atom is 0.100 e. The molecule has 1 N–H and O–H groups in total. The summed E-state index contributed by atoms with van der Waals surface area (Å²) in [7, 11) is 0. The zero-order valence-corrected chi connectivity index (χ0v) is 11.3. The van der Waals surface area contributed by atoms with E-state index < -0.39 is 5.60 Å². The second-order valence-electron chi connectivity index (χ2n) is 4.87. The van der Waals surface area contributed by atoms with Gasteiger partial charge in [-0.15, -0.1) is 0 Å². The SMILES string of the molecule is C[C@@H](C#Cc1ccccc1)[C@@](C)(O)c1ccccc1. The molecule has 0 aliphatic heterocycles. The Morgan fingerprint density at radius 2 is 1.47 bits per heavy atom. The summed E-state index contributed by atoms with van der Waals surface area (Å²) in [6.07, 6.45) is 0. The van der Waals surface area contributed by atoms with Crippen molar-refractivity contribution < 1.29 is 5.11 Å². The first kappa shape index (κ1) is 13.4. The van der Waals surface area contributed by atoms with Crippen LogP contribution in [0.15, 0.2) is 60.7 Å². The number of rotatable bonds is 2. The van der Waals surface area contributed by atoms with Gasteiger partial charge in [-0.05, 0) is 31.5 Å². The minimum absolute atomic E-state index is 0.143. The van der Waals surface area contributed by atoms with E-state index >= 15 is 0 Å². The topological polar surface area (TPSA) is 20.2 Å².